The van der Waals surface area contributed by atoms with Gasteiger partial charge in [-0.25, -0.2) is 0 Å². The Labute approximate surface area is 149 Å². The van der Waals surface area contributed by atoms with Gasteiger partial charge in [0.15, 0.2) is 0 Å². The fraction of sp³-hybridized carbons (Fsp3) is 0.316. The molecular weight excluding hydrogens is 345 g/mol. The van der Waals surface area contributed by atoms with Crippen molar-refractivity contribution in [3.8, 4) is 5.75 Å². The molecule has 0 radical (unpaired) electrons. The zero-order valence-corrected chi connectivity index (χ0v) is 14.0. The minimum Gasteiger partial charge on any atom is -0.489 e. The predicted octanol–water partition coefficient (Wildman–Crippen LogP) is 3.26. The number of carbonyl (C=O) groups is 1. The number of ether oxygens (including phenoxy) is 1. The van der Waals surface area contributed by atoms with Crippen LogP contribution < -0.4 is 15.4 Å². The van der Waals surface area contributed by atoms with E-state index in [4.69, 9.17) is 4.74 Å². The summed E-state index contributed by atoms with van der Waals surface area (Å²) < 4.78 is 43.2. The molecule has 26 heavy (non-hydrogen) atoms. The Morgan fingerprint density at radius 3 is 2.27 bits per heavy atom. The highest BCUT2D eigenvalue weighted by molar-refractivity contribution is 5.83. The fourth-order valence-corrected chi connectivity index (χ4v) is 2.69. The van der Waals surface area contributed by atoms with Gasteiger partial charge in [-0.3, -0.25) is 4.79 Å². The van der Waals surface area contributed by atoms with E-state index in [0.717, 1.165) is 24.1 Å². The predicted molar refractivity (Wildman–Crippen MR) is 90.5 cm³/mol. The lowest BCUT2D eigenvalue weighted by Crippen LogP contribution is -2.35. The van der Waals surface area contributed by atoms with Crippen LogP contribution in [0.2, 0.25) is 0 Å². The molecule has 0 unspecified atom stereocenters. The number of rotatable bonds is 6. The number of hydrogen-bond donors (Lipinski definition) is 2. The van der Waals surface area contributed by atoms with E-state index < -0.39 is 11.7 Å². The van der Waals surface area contributed by atoms with Crippen LogP contribution in [-0.2, 0) is 24.1 Å². The molecule has 0 spiro atoms. The molecule has 1 aliphatic heterocycles. The molecule has 138 valence electrons. The second kappa shape index (κ2) is 7.78. The summed E-state index contributed by atoms with van der Waals surface area (Å²) in [5.41, 5.74) is 1.01. The van der Waals surface area contributed by atoms with Gasteiger partial charge in [-0.2, -0.15) is 13.2 Å². The first-order valence-electron chi connectivity index (χ1n) is 8.31. The van der Waals surface area contributed by atoms with Crippen molar-refractivity contribution in [1.82, 2.24) is 10.6 Å². The van der Waals surface area contributed by atoms with Crippen molar-refractivity contribution in [1.29, 1.82) is 0 Å². The Hall–Kier alpha value is -2.54. The van der Waals surface area contributed by atoms with Crippen LogP contribution in [0.1, 0.15) is 23.1 Å². The standard InChI is InChI=1S/C19H19F3N2O2/c20-19(21,22)15-5-1-14(2-6-15)12-26-16-7-3-13(4-8-16)11-24-17-9-10-23-18(17)25/h1-8,17,24H,9-12H2,(H,23,25)/t17-/m0/s1. The summed E-state index contributed by atoms with van der Waals surface area (Å²) >= 11 is 0. The molecule has 0 saturated carbocycles. The van der Waals surface area contributed by atoms with Crippen LogP contribution in [0, 0.1) is 0 Å². The summed E-state index contributed by atoms with van der Waals surface area (Å²) in [7, 11) is 0. The van der Waals surface area contributed by atoms with Crippen LogP contribution in [0.15, 0.2) is 48.5 Å². The van der Waals surface area contributed by atoms with E-state index in [1.807, 2.05) is 12.1 Å². The Morgan fingerprint density at radius 1 is 1.04 bits per heavy atom. The third kappa shape index (κ3) is 4.76. The maximum absolute atomic E-state index is 12.5. The van der Waals surface area contributed by atoms with Gasteiger partial charge in [0.1, 0.15) is 12.4 Å². The molecule has 7 heteroatoms. The molecule has 1 aliphatic rings. The van der Waals surface area contributed by atoms with E-state index in [1.54, 1.807) is 12.1 Å². The van der Waals surface area contributed by atoms with Gasteiger partial charge in [-0.05, 0) is 41.8 Å². The second-order valence-electron chi connectivity index (χ2n) is 6.14. The van der Waals surface area contributed by atoms with Crippen molar-refractivity contribution in [2.45, 2.75) is 31.8 Å². The minimum atomic E-state index is -4.33. The Bertz CT molecular complexity index is 743. The highest BCUT2D eigenvalue weighted by Gasteiger charge is 2.29. The lowest BCUT2D eigenvalue weighted by atomic mass is 10.1. The van der Waals surface area contributed by atoms with Crippen molar-refractivity contribution in [2.75, 3.05) is 6.54 Å². The summed E-state index contributed by atoms with van der Waals surface area (Å²) in [6.07, 6.45) is -3.55. The molecule has 1 amide bonds. The second-order valence-corrected chi connectivity index (χ2v) is 6.14. The van der Waals surface area contributed by atoms with E-state index in [9.17, 15) is 18.0 Å². The highest BCUT2D eigenvalue weighted by atomic mass is 19.4. The molecule has 0 aromatic heterocycles. The molecule has 1 atom stereocenters. The largest absolute Gasteiger partial charge is 0.489 e. The smallest absolute Gasteiger partial charge is 0.416 e. The van der Waals surface area contributed by atoms with Gasteiger partial charge in [-0.15, -0.1) is 0 Å². The van der Waals surface area contributed by atoms with Gasteiger partial charge in [0.05, 0.1) is 11.6 Å². The Morgan fingerprint density at radius 2 is 1.69 bits per heavy atom. The van der Waals surface area contributed by atoms with Crippen molar-refractivity contribution < 1.29 is 22.7 Å². The van der Waals surface area contributed by atoms with Crippen LogP contribution in [0.3, 0.4) is 0 Å². The van der Waals surface area contributed by atoms with Crippen molar-refractivity contribution in [3.05, 3.63) is 65.2 Å². The molecule has 0 aliphatic carbocycles. The lowest BCUT2D eigenvalue weighted by Gasteiger charge is -2.11. The van der Waals surface area contributed by atoms with E-state index in [2.05, 4.69) is 10.6 Å². The van der Waals surface area contributed by atoms with E-state index in [0.29, 0.717) is 24.4 Å². The number of halogens is 3. The molecule has 1 heterocycles. The first-order valence-corrected chi connectivity index (χ1v) is 8.31. The average Bonchev–Trinajstić information content (AvgIpc) is 3.04. The number of hydrogen-bond acceptors (Lipinski definition) is 3. The molecule has 0 bridgehead atoms. The van der Waals surface area contributed by atoms with Gasteiger partial charge < -0.3 is 15.4 Å². The minimum absolute atomic E-state index is 0.0292. The van der Waals surface area contributed by atoms with Gasteiger partial charge in [-0.1, -0.05) is 24.3 Å². The summed E-state index contributed by atoms with van der Waals surface area (Å²) in [5, 5.41) is 5.97. The maximum Gasteiger partial charge on any atom is 0.416 e. The number of alkyl halides is 3. The number of nitrogens with one attached hydrogen (secondary N) is 2. The van der Waals surface area contributed by atoms with Crippen molar-refractivity contribution >= 4 is 5.91 Å². The molecule has 1 saturated heterocycles. The molecule has 2 aromatic rings. The van der Waals surface area contributed by atoms with E-state index in [1.165, 1.54) is 12.1 Å². The van der Waals surface area contributed by atoms with Crippen LogP contribution in [0.5, 0.6) is 5.75 Å². The fourth-order valence-electron chi connectivity index (χ4n) is 2.69. The summed E-state index contributed by atoms with van der Waals surface area (Å²) in [4.78, 5) is 11.5. The SMILES string of the molecule is O=C1NCC[C@@H]1NCc1ccc(OCc2ccc(C(F)(F)F)cc2)cc1. The average molecular weight is 364 g/mol. The molecule has 4 nitrogen and oxygen atoms in total. The summed E-state index contributed by atoms with van der Waals surface area (Å²) in [6.45, 7) is 1.47. The molecule has 2 aromatic carbocycles. The Kier molecular flexibility index (Phi) is 5.46. The normalized spacial score (nSPS) is 17.2. The monoisotopic (exact) mass is 364 g/mol. The molecule has 3 rings (SSSR count). The van der Waals surface area contributed by atoms with Crippen LogP contribution in [0.4, 0.5) is 13.2 Å². The van der Waals surface area contributed by atoms with Crippen molar-refractivity contribution in [3.63, 3.8) is 0 Å². The van der Waals surface area contributed by atoms with Crippen LogP contribution >= 0.6 is 0 Å². The third-order valence-electron chi connectivity index (χ3n) is 4.21. The van der Waals surface area contributed by atoms with Crippen LogP contribution in [0.25, 0.3) is 0 Å². The van der Waals surface area contributed by atoms with Gasteiger partial charge in [0.2, 0.25) is 5.91 Å². The lowest BCUT2D eigenvalue weighted by molar-refractivity contribution is -0.137. The third-order valence-corrected chi connectivity index (χ3v) is 4.21. The van der Waals surface area contributed by atoms with E-state index >= 15 is 0 Å². The molecule has 2 N–H and O–H groups in total. The zero-order chi connectivity index (χ0) is 18.6. The topological polar surface area (TPSA) is 50.4 Å². The van der Waals surface area contributed by atoms with Crippen molar-refractivity contribution in [2.24, 2.45) is 0 Å². The first kappa shape index (κ1) is 18.3. The summed E-state index contributed by atoms with van der Waals surface area (Å²) in [6, 6.07) is 12.2. The zero-order valence-electron chi connectivity index (χ0n) is 14.0. The quantitative estimate of drug-likeness (QED) is 0.827. The first-order chi connectivity index (χ1) is 12.4. The van der Waals surface area contributed by atoms with Crippen LogP contribution in [-0.4, -0.2) is 18.5 Å². The Balaban J connectivity index is 1.49. The van der Waals surface area contributed by atoms with Gasteiger partial charge in [0, 0.05) is 13.1 Å². The maximum atomic E-state index is 12.5. The molecule has 1 fully saturated rings. The number of carbonyl (C=O) groups excluding carboxylic acids is 1. The summed E-state index contributed by atoms with van der Waals surface area (Å²) in [5.74, 6) is 0.661. The number of amides is 1. The van der Waals surface area contributed by atoms with Gasteiger partial charge in [0.25, 0.3) is 0 Å². The van der Waals surface area contributed by atoms with Gasteiger partial charge >= 0.3 is 6.18 Å². The highest BCUT2D eigenvalue weighted by Crippen LogP contribution is 2.29. The molecular formula is C19H19F3N2O2. The van der Waals surface area contributed by atoms with E-state index in [-0.39, 0.29) is 18.6 Å². The number of benzene rings is 2.